The highest BCUT2D eigenvalue weighted by atomic mass is 19.1. The zero-order chi connectivity index (χ0) is 24.2. The molecule has 0 bridgehead atoms. The zero-order valence-corrected chi connectivity index (χ0v) is 19.2. The molecule has 0 aliphatic carbocycles. The van der Waals surface area contributed by atoms with E-state index in [9.17, 15) is 14.0 Å². The van der Waals surface area contributed by atoms with Crippen LogP contribution in [0.15, 0.2) is 42.6 Å². The third kappa shape index (κ3) is 3.21. The number of likely N-dealkylation sites (tertiary alicyclic amines) is 1. The van der Waals surface area contributed by atoms with Gasteiger partial charge in [-0.1, -0.05) is 0 Å². The number of hydrogen-bond acceptors (Lipinski definition) is 5. The number of halogens is 1. The van der Waals surface area contributed by atoms with Crippen LogP contribution in [0, 0.1) is 12.7 Å². The Bertz CT molecular complexity index is 1440. The van der Waals surface area contributed by atoms with Crippen LogP contribution < -0.4 is 10.2 Å². The second-order valence-corrected chi connectivity index (χ2v) is 8.71. The largest absolute Gasteiger partial charge is 0.364 e. The number of fused-ring (bicyclic) bond motifs is 1. The van der Waals surface area contributed by atoms with Crippen LogP contribution in [0.2, 0.25) is 0 Å². The number of aromatic nitrogens is 5. The van der Waals surface area contributed by atoms with Crippen LogP contribution in [0.4, 0.5) is 10.2 Å². The Morgan fingerprint density at radius 1 is 1.15 bits per heavy atom. The zero-order valence-electron chi connectivity index (χ0n) is 19.2. The number of quaternary nitrogens is 1. The third-order valence-corrected chi connectivity index (χ3v) is 6.81. The molecule has 174 valence electrons. The van der Waals surface area contributed by atoms with Gasteiger partial charge in [-0.3, -0.25) is 4.79 Å². The van der Waals surface area contributed by atoms with Gasteiger partial charge in [-0.2, -0.15) is 10.1 Å². The second kappa shape index (κ2) is 7.84. The minimum absolute atomic E-state index is 0.175. The predicted molar refractivity (Wildman–Crippen MR) is 125 cm³/mol. The average molecular weight is 463 g/mol. The molecule has 0 saturated carbocycles. The van der Waals surface area contributed by atoms with Crippen molar-refractivity contribution in [2.24, 2.45) is 12.8 Å². The summed E-state index contributed by atoms with van der Waals surface area (Å²) in [5.41, 5.74) is 9.08. The number of primary amides is 1. The van der Waals surface area contributed by atoms with Gasteiger partial charge >= 0.3 is 5.91 Å². The first-order valence-corrected chi connectivity index (χ1v) is 11.1. The van der Waals surface area contributed by atoms with Crippen molar-refractivity contribution in [2.45, 2.75) is 32.7 Å². The topological polar surface area (TPSA) is 108 Å². The Labute approximate surface area is 195 Å². The number of hydrogen-bond donors (Lipinski definition) is 1. The van der Waals surface area contributed by atoms with E-state index in [0.29, 0.717) is 42.2 Å². The molecule has 3 aromatic heterocycles. The molecule has 0 radical (unpaired) electrons. The summed E-state index contributed by atoms with van der Waals surface area (Å²) in [7, 11) is 1.90. The first kappa shape index (κ1) is 21.9. The average Bonchev–Trinajstić information content (AvgIpc) is 3.50. The van der Waals surface area contributed by atoms with Crippen LogP contribution >= 0.6 is 0 Å². The molecular formula is C24H25FN7O2+. The number of benzene rings is 1. The highest BCUT2D eigenvalue weighted by molar-refractivity contribution is 5.95. The smallest absolute Gasteiger partial charge is 0.317 e. The molecule has 1 aliphatic rings. The summed E-state index contributed by atoms with van der Waals surface area (Å²) in [5, 5.41) is 4.76. The van der Waals surface area contributed by atoms with E-state index in [2.05, 4.69) is 9.97 Å². The molecule has 5 rings (SSSR count). The predicted octanol–water partition coefficient (Wildman–Crippen LogP) is 2.75. The van der Waals surface area contributed by atoms with Gasteiger partial charge < -0.3 is 10.3 Å². The van der Waals surface area contributed by atoms with E-state index < -0.39 is 11.9 Å². The monoisotopic (exact) mass is 462 g/mol. The van der Waals surface area contributed by atoms with Crippen LogP contribution in [-0.2, 0) is 16.6 Å². The highest BCUT2D eigenvalue weighted by Crippen LogP contribution is 2.35. The normalized spacial score (nSPS) is 20.2. The molecule has 10 heteroatoms. The van der Waals surface area contributed by atoms with E-state index >= 15 is 0 Å². The second-order valence-electron chi connectivity index (χ2n) is 8.71. The standard InChI is InChI=1S/C24H24FN7O2/c1-14-27-22(16-6-8-17(25)9-7-16)23(30(14)3)18-10-11-20-28-21(13-31(20)29-18)32(15(2)33)12-4-5-19(32)24(26)34/h6-11,13,19H,4-5,12H2,1-3H3,(H-,26,34)/p+1/t19-,32?/m0/s1. The van der Waals surface area contributed by atoms with Crippen LogP contribution in [0.1, 0.15) is 25.6 Å². The molecule has 34 heavy (non-hydrogen) atoms. The molecule has 2 amide bonds. The van der Waals surface area contributed by atoms with Gasteiger partial charge in [-0.15, -0.1) is 0 Å². The molecule has 1 unspecified atom stereocenters. The fraction of sp³-hybridized carbons (Fsp3) is 0.292. The van der Waals surface area contributed by atoms with Crippen LogP contribution in [0.3, 0.4) is 0 Å². The van der Waals surface area contributed by atoms with Crippen molar-refractivity contribution in [1.29, 1.82) is 0 Å². The number of nitrogens with two attached hydrogens (primary N) is 1. The fourth-order valence-corrected chi connectivity index (χ4v) is 4.98. The molecular weight excluding hydrogens is 437 g/mol. The third-order valence-electron chi connectivity index (χ3n) is 6.81. The number of imidazole rings is 2. The SMILES string of the molecule is CC(=O)[N+]1(c2cn3nc(-c4c(-c5ccc(F)cc5)nc(C)n4C)ccc3n2)CCC[C@H]1C(N)=O. The molecule has 2 N–H and O–H groups in total. The van der Waals surface area contributed by atoms with E-state index in [1.807, 2.05) is 30.7 Å². The Morgan fingerprint density at radius 3 is 2.56 bits per heavy atom. The Hall–Kier alpha value is -3.92. The molecule has 1 aliphatic heterocycles. The van der Waals surface area contributed by atoms with Crippen molar-refractivity contribution >= 4 is 23.3 Å². The fourth-order valence-electron chi connectivity index (χ4n) is 4.98. The van der Waals surface area contributed by atoms with Crippen molar-refractivity contribution in [1.82, 2.24) is 28.6 Å². The van der Waals surface area contributed by atoms with Gasteiger partial charge in [0.1, 0.15) is 23.5 Å². The van der Waals surface area contributed by atoms with Crippen molar-refractivity contribution in [3.8, 4) is 22.6 Å². The van der Waals surface area contributed by atoms with E-state index in [-0.39, 0.29) is 16.2 Å². The molecule has 2 atom stereocenters. The van der Waals surface area contributed by atoms with Crippen molar-refractivity contribution in [3.63, 3.8) is 0 Å². The molecule has 1 aromatic carbocycles. The first-order valence-electron chi connectivity index (χ1n) is 11.1. The molecule has 9 nitrogen and oxygen atoms in total. The Balaban J connectivity index is 1.65. The van der Waals surface area contributed by atoms with Crippen LogP contribution in [0.25, 0.3) is 28.3 Å². The van der Waals surface area contributed by atoms with E-state index in [0.717, 1.165) is 17.1 Å². The Kier molecular flexibility index (Phi) is 5.05. The summed E-state index contributed by atoms with van der Waals surface area (Å²) >= 11 is 0. The maximum Gasteiger partial charge on any atom is 0.317 e. The Morgan fingerprint density at radius 2 is 1.88 bits per heavy atom. The number of carbonyl (C=O) groups is 2. The maximum atomic E-state index is 13.5. The van der Waals surface area contributed by atoms with Gasteiger partial charge in [-0.05, 0) is 43.3 Å². The summed E-state index contributed by atoms with van der Waals surface area (Å²) in [6.07, 6.45) is 2.94. The number of amides is 2. The van der Waals surface area contributed by atoms with Gasteiger partial charge in [-0.25, -0.2) is 23.2 Å². The van der Waals surface area contributed by atoms with E-state index in [4.69, 9.17) is 10.8 Å². The molecule has 1 fully saturated rings. The van der Waals surface area contributed by atoms with Gasteiger partial charge in [0.2, 0.25) is 0 Å². The lowest BCUT2D eigenvalue weighted by Gasteiger charge is -2.31. The summed E-state index contributed by atoms with van der Waals surface area (Å²) in [6.45, 7) is 3.83. The van der Waals surface area contributed by atoms with Crippen molar-refractivity contribution in [2.75, 3.05) is 6.54 Å². The lowest BCUT2D eigenvalue weighted by Crippen LogP contribution is -2.61. The summed E-state index contributed by atoms with van der Waals surface area (Å²) in [5.74, 6) is 0.240. The van der Waals surface area contributed by atoms with E-state index in [1.54, 1.807) is 22.8 Å². The van der Waals surface area contributed by atoms with Crippen molar-refractivity contribution in [3.05, 3.63) is 54.2 Å². The molecule has 1 saturated heterocycles. The maximum absolute atomic E-state index is 13.5. The highest BCUT2D eigenvalue weighted by Gasteiger charge is 2.52. The number of nitrogens with zero attached hydrogens (tertiary/aromatic N) is 6. The van der Waals surface area contributed by atoms with Gasteiger partial charge in [0, 0.05) is 25.5 Å². The quantitative estimate of drug-likeness (QED) is 0.469. The van der Waals surface area contributed by atoms with Gasteiger partial charge in [0.15, 0.2) is 11.7 Å². The summed E-state index contributed by atoms with van der Waals surface area (Å²) < 4.78 is 16.8. The number of rotatable bonds is 4. The minimum atomic E-state index is -0.647. The minimum Gasteiger partial charge on any atom is -0.364 e. The van der Waals surface area contributed by atoms with Gasteiger partial charge in [0.25, 0.3) is 11.7 Å². The molecule has 4 heterocycles. The molecule has 4 aromatic rings. The first-order chi connectivity index (χ1) is 16.2. The summed E-state index contributed by atoms with van der Waals surface area (Å²) in [6, 6.07) is 9.18. The lowest BCUT2D eigenvalue weighted by molar-refractivity contribution is -0.134. The molecule has 0 spiro atoms. The van der Waals surface area contributed by atoms with Crippen molar-refractivity contribution < 1.29 is 14.0 Å². The lowest BCUT2D eigenvalue weighted by atomic mass is 10.1. The summed E-state index contributed by atoms with van der Waals surface area (Å²) in [4.78, 5) is 34.3. The van der Waals surface area contributed by atoms with E-state index in [1.165, 1.54) is 19.1 Å². The van der Waals surface area contributed by atoms with Gasteiger partial charge in [0.05, 0.1) is 24.9 Å². The number of aryl methyl sites for hydroxylation is 1. The van der Waals surface area contributed by atoms with Crippen LogP contribution in [0.5, 0.6) is 0 Å². The number of carbonyl (C=O) groups excluding carboxylic acids is 2. The van der Waals surface area contributed by atoms with Crippen LogP contribution in [-0.4, -0.2) is 48.6 Å².